The first kappa shape index (κ1) is 13.2. The van der Waals surface area contributed by atoms with Gasteiger partial charge in [-0.2, -0.15) is 5.26 Å². The molecule has 1 N–H and O–H groups in total. The Morgan fingerprint density at radius 1 is 1.11 bits per heavy atom. The molecule has 0 bridgehead atoms. The van der Waals surface area contributed by atoms with Gasteiger partial charge in [-0.3, -0.25) is 9.97 Å². The molecule has 19 heavy (non-hydrogen) atoms. The van der Waals surface area contributed by atoms with E-state index in [1.54, 1.807) is 18.6 Å². The van der Waals surface area contributed by atoms with E-state index >= 15 is 0 Å². The van der Waals surface area contributed by atoms with Crippen molar-refractivity contribution >= 4 is 0 Å². The first-order chi connectivity index (χ1) is 9.20. The molecular weight excluding hydrogens is 236 g/mol. The summed E-state index contributed by atoms with van der Waals surface area (Å²) in [6.07, 6.45) is 5.13. The Bertz CT molecular complexity index is 557. The quantitative estimate of drug-likeness (QED) is 0.908. The normalized spacial score (nSPS) is 13.5. The van der Waals surface area contributed by atoms with Gasteiger partial charge in [-0.15, -0.1) is 0 Å². The topological polar surface area (TPSA) is 61.6 Å². The van der Waals surface area contributed by atoms with Crippen LogP contribution in [0.4, 0.5) is 0 Å². The van der Waals surface area contributed by atoms with E-state index in [9.17, 15) is 0 Å². The van der Waals surface area contributed by atoms with Crippen molar-refractivity contribution in [2.45, 2.75) is 25.9 Å². The third-order valence-corrected chi connectivity index (χ3v) is 3.07. The first-order valence-corrected chi connectivity index (χ1v) is 6.22. The Hall–Kier alpha value is -2.25. The van der Waals surface area contributed by atoms with Gasteiger partial charge in [0.15, 0.2) is 0 Å². The fourth-order valence-corrected chi connectivity index (χ4v) is 1.94. The number of nitrogens with zero attached hydrogens (tertiary/aromatic N) is 3. The van der Waals surface area contributed by atoms with Crippen molar-refractivity contribution < 1.29 is 0 Å². The minimum atomic E-state index is 0.124. The molecule has 1 heterocycles. The van der Waals surface area contributed by atoms with E-state index in [4.69, 9.17) is 5.26 Å². The molecule has 0 radical (unpaired) electrons. The van der Waals surface area contributed by atoms with Crippen molar-refractivity contribution in [3.8, 4) is 6.07 Å². The van der Waals surface area contributed by atoms with E-state index in [2.05, 4.69) is 35.2 Å². The van der Waals surface area contributed by atoms with Crippen LogP contribution in [0.3, 0.4) is 0 Å². The van der Waals surface area contributed by atoms with Crippen molar-refractivity contribution in [1.82, 2.24) is 15.3 Å². The number of rotatable bonds is 4. The average molecular weight is 252 g/mol. The van der Waals surface area contributed by atoms with Crippen LogP contribution in [-0.4, -0.2) is 9.97 Å². The van der Waals surface area contributed by atoms with Gasteiger partial charge < -0.3 is 5.32 Å². The third-order valence-electron chi connectivity index (χ3n) is 3.07. The van der Waals surface area contributed by atoms with E-state index in [1.807, 2.05) is 24.3 Å². The lowest BCUT2D eigenvalue weighted by Crippen LogP contribution is -2.23. The predicted molar refractivity (Wildman–Crippen MR) is 73.2 cm³/mol. The van der Waals surface area contributed by atoms with Crippen molar-refractivity contribution in [3.63, 3.8) is 0 Å². The highest BCUT2D eigenvalue weighted by atomic mass is 15.0. The number of hydrogen-bond donors (Lipinski definition) is 1. The van der Waals surface area contributed by atoms with E-state index in [1.165, 1.54) is 0 Å². The van der Waals surface area contributed by atoms with Crippen molar-refractivity contribution in [2.24, 2.45) is 0 Å². The van der Waals surface area contributed by atoms with Gasteiger partial charge in [0, 0.05) is 30.7 Å². The lowest BCUT2D eigenvalue weighted by atomic mass is 10.1. The molecule has 0 saturated carbocycles. The fraction of sp³-hybridized carbons (Fsp3) is 0.267. The summed E-state index contributed by atoms with van der Waals surface area (Å²) in [7, 11) is 0. The summed E-state index contributed by atoms with van der Waals surface area (Å²) < 4.78 is 0. The summed E-state index contributed by atoms with van der Waals surface area (Å²) >= 11 is 0. The Labute approximate surface area is 113 Å². The molecule has 0 aliphatic rings. The largest absolute Gasteiger partial charge is 0.302 e. The maximum Gasteiger partial charge on any atom is 0.0991 e. The molecule has 0 amide bonds. The molecule has 0 aliphatic carbocycles. The monoisotopic (exact) mass is 252 g/mol. The zero-order valence-electron chi connectivity index (χ0n) is 11.0. The number of hydrogen-bond acceptors (Lipinski definition) is 4. The maximum absolute atomic E-state index is 8.78. The standard InChI is InChI=1S/C15H16N4/c1-11(14-5-3-13(9-16)4-6-14)19-12(2)15-10-17-7-8-18-15/h3-8,10-12,19H,1-2H3. The van der Waals surface area contributed by atoms with Gasteiger partial charge in [0.2, 0.25) is 0 Å². The number of nitriles is 1. The van der Waals surface area contributed by atoms with Gasteiger partial charge in [0.1, 0.15) is 0 Å². The molecule has 2 atom stereocenters. The Kier molecular flexibility index (Phi) is 4.22. The maximum atomic E-state index is 8.78. The summed E-state index contributed by atoms with van der Waals surface area (Å²) in [5.74, 6) is 0. The van der Waals surface area contributed by atoms with Gasteiger partial charge >= 0.3 is 0 Å². The van der Waals surface area contributed by atoms with Crippen molar-refractivity contribution in [3.05, 3.63) is 59.7 Å². The van der Waals surface area contributed by atoms with Gasteiger partial charge in [-0.25, -0.2) is 0 Å². The second kappa shape index (κ2) is 6.07. The molecule has 1 aromatic heterocycles. The highest BCUT2D eigenvalue weighted by Crippen LogP contribution is 2.18. The minimum Gasteiger partial charge on any atom is -0.302 e. The molecule has 2 aromatic rings. The number of aromatic nitrogens is 2. The summed E-state index contributed by atoms with van der Waals surface area (Å²) in [6, 6.07) is 10.0. The highest BCUT2D eigenvalue weighted by Gasteiger charge is 2.12. The highest BCUT2D eigenvalue weighted by molar-refractivity contribution is 5.32. The lowest BCUT2D eigenvalue weighted by Gasteiger charge is -2.19. The van der Waals surface area contributed by atoms with Gasteiger partial charge in [-0.05, 0) is 31.5 Å². The van der Waals surface area contributed by atoms with Crippen LogP contribution in [-0.2, 0) is 0 Å². The Morgan fingerprint density at radius 3 is 2.42 bits per heavy atom. The van der Waals surface area contributed by atoms with Crippen molar-refractivity contribution in [1.29, 1.82) is 5.26 Å². The molecule has 1 aromatic carbocycles. The smallest absolute Gasteiger partial charge is 0.0991 e. The Morgan fingerprint density at radius 2 is 1.84 bits per heavy atom. The Balaban J connectivity index is 2.04. The molecule has 0 saturated heterocycles. The predicted octanol–water partition coefficient (Wildman–Crippen LogP) is 2.76. The molecule has 4 heteroatoms. The van der Waals surface area contributed by atoms with Crippen LogP contribution in [0.15, 0.2) is 42.9 Å². The second-order valence-electron chi connectivity index (χ2n) is 4.47. The van der Waals surface area contributed by atoms with Crippen molar-refractivity contribution in [2.75, 3.05) is 0 Å². The van der Waals surface area contributed by atoms with Gasteiger partial charge in [-0.1, -0.05) is 12.1 Å². The number of nitrogens with one attached hydrogen (secondary N) is 1. The van der Waals surface area contributed by atoms with Crippen LogP contribution < -0.4 is 5.32 Å². The SMILES string of the molecule is CC(NC(C)c1cnccn1)c1ccc(C#N)cc1. The summed E-state index contributed by atoms with van der Waals surface area (Å²) in [5.41, 5.74) is 2.75. The molecule has 0 fully saturated rings. The van der Waals surface area contributed by atoms with E-state index in [0.29, 0.717) is 5.56 Å². The molecule has 0 aliphatic heterocycles. The summed E-state index contributed by atoms with van der Waals surface area (Å²) in [6.45, 7) is 4.15. The van der Waals surface area contributed by atoms with Gasteiger partial charge in [0.25, 0.3) is 0 Å². The summed E-state index contributed by atoms with van der Waals surface area (Å²) in [4.78, 5) is 8.35. The molecule has 4 nitrogen and oxygen atoms in total. The molecule has 2 unspecified atom stereocenters. The second-order valence-corrected chi connectivity index (χ2v) is 4.47. The van der Waals surface area contributed by atoms with E-state index < -0.39 is 0 Å². The van der Waals surface area contributed by atoms with Crippen LogP contribution in [0.25, 0.3) is 0 Å². The molecular formula is C15H16N4. The van der Waals surface area contributed by atoms with Gasteiger partial charge in [0.05, 0.1) is 17.3 Å². The van der Waals surface area contributed by atoms with E-state index in [-0.39, 0.29) is 12.1 Å². The lowest BCUT2D eigenvalue weighted by molar-refractivity contribution is 0.485. The summed E-state index contributed by atoms with van der Waals surface area (Å²) in [5, 5.41) is 12.2. The zero-order valence-corrected chi connectivity index (χ0v) is 11.0. The molecule has 2 rings (SSSR count). The molecule has 96 valence electrons. The zero-order chi connectivity index (χ0) is 13.7. The average Bonchev–Trinajstić information content (AvgIpc) is 2.48. The fourth-order valence-electron chi connectivity index (χ4n) is 1.94. The van der Waals surface area contributed by atoms with Crippen LogP contribution >= 0.6 is 0 Å². The van der Waals surface area contributed by atoms with Crippen LogP contribution in [0.1, 0.15) is 42.8 Å². The first-order valence-electron chi connectivity index (χ1n) is 6.22. The van der Waals surface area contributed by atoms with Crippen LogP contribution in [0, 0.1) is 11.3 Å². The number of benzene rings is 1. The van der Waals surface area contributed by atoms with E-state index in [0.717, 1.165) is 11.3 Å². The van der Waals surface area contributed by atoms with Crippen LogP contribution in [0.2, 0.25) is 0 Å². The molecule has 0 spiro atoms. The van der Waals surface area contributed by atoms with Crippen LogP contribution in [0.5, 0.6) is 0 Å². The third kappa shape index (κ3) is 3.36. The minimum absolute atomic E-state index is 0.124.